The van der Waals surface area contributed by atoms with E-state index in [9.17, 15) is 14.3 Å². The largest absolute Gasteiger partial charge is 0.494 e. The molecule has 38 heavy (non-hydrogen) atoms. The monoisotopic (exact) mass is 540 g/mol. The zero-order valence-electron chi connectivity index (χ0n) is 21.4. The number of aromatic nitrogens is 2. The van der Waals surface area contributed by atoms with E-state index in [2.05, 4.69) is 37.4 Å². The Morgan fingerprint density at radius 1 is 1.18 bits per heavy atom. The topological polar surface area (TPSA) is 112 Å². The van der Waals surface area contributed by atoms with Crippen molar-refractivity contribution in [3.63, 3.8) is 0 Å². The molecule has 3 aromatic rings. The van der Waals surface area contributed by atoms with E-state index in [-0.39, 0.29) is 16.9 Å². The van der Waals surface area contributed by atoms with E-state index in [1.165, 1.54) is 24.4 Å². The first-order chi connectivity index (χ1) is 18.1. The fraction of sp³-hybridized carbons (Fsp3) is 0.296. The average Bonchev–Trinajstić information content (AvgIpc) is 3.40. The fourth-order valence-electron chi connectivity index (χ4n) is 4.24. The highest BCUT2D eigenvalue weighted by Gasteiger charge is 2.23. The second-order valence-corrected chi connectivity index (χ2v) is 9.75. The fourth-order valence-corrected chi connectivity index (χ4v) is 4.41. The predicted octanol–water partition coefficient (Wildman–Crippen LogP) is 5.72. The van der Waals surface area contributed by atoms with Crippen LogP contribution in [0.3, 0.4) is 0 Å². The molecule has 1 aromatic heterocycles. The van der Waals surface area contributed by atoms with Gasteiger partial charge in [-0.05, 0) is 57.0 Å². The molecule has 0 atom stereocenters. The van der Waals surface area contributed by atoms with Gasteiger partial charge in [0.25, 0.3) is 0 Å². The molecule has 11 heteroatoms. The molecule has 1 aliphatic rings. The zero-order valence-corrected chi connectivity index (χ0v) is 22.2. The summed E-state index contributed by atoms with van der Waals surface area (Å²) in [6.45, 7) is 8.40. The molecule has 1 aliphatic heterocycles. The van der Waals surface area contributed by atoms with Crippen LogP contribution in [0.4, 0.5) is 38.9 Å². The number of ether oxygens (including phenoxy) is 1. The van der Waals surface area contributed by atoms with E-state index in [1.807, 2.05) is 6.07 Å². The van der Waals surface area contributed by atoms with Gasteiger partial charge in [-0.1, -0.05) is 18.2 Å². The molecule has 9 nitrogen and oxygen atoms in total. The molecule has 0 radical (unpaired) electrons. The Labute approximate surface area is 225 Å². The van der Waals surface area contributed by atoms with E-state index in [1.54, 1.807) is 33.1 Å². The van der Waals surface area contributed by atoms with Gasteiger partial charge in [-0.15, -0.1) is 0 Å². The molecular weight excluding hydrogens is 511 g/mol. The maximum atomic E-state index is 14.1. The van der Waals surface area contributed by atoms with Crippen LogP contribution in [-0.2, 0) is 10.4 Å². The molecule has 4 N–H and O–H groups in total. The van der Waals surface area contributed by atoms with Gasteiger partial charge in [0.2, 0.25) is 11.9 Å². The Bertz CT molecular complexity index is 1360. The van der Waals surface area contributed by atoms with Crippen LogP contribution >= 0.6 is 11.6 Å². The van der Waals surface area contributed by atoms with Crippen LogP contribution in [0.2, 0.25) is 5.02 Å². The maximum Gasteiger partial charge on any atom is 0.247 e. The Morgan fingerprint density at radius 2 is 1.92 bits per heavy atom. The molecule has 2 heterocycles. The number of carbonyl (C=O) groups excluding carboxylic acids is 1. The van der Waals surface area contributed by atoms with E-state index < -0.39 is 11.4 Å². The molecule has 4 rings (SSSR count). The lowest BCUT2D eigenvalue weighted by Gasteiger charge is -2.24. The molecule has 0 spiro atoms. The molecule has 200 valence electrons. The number of benzene rings is 2. The first-order valence-corrected chi connectivity index (χ1v) is 12.5. The Kier molecular flexibility index (Phi) is 8.03. The molecule has 0 aliphatic carbocycles. The summed E-state index contributed by atoms with van der Waals surface area (Å²) in [4.78, 5) is 23.1. The van der Waals surface area contributed by atoms with Crippen LogP contribution in [0, 0.1) is 5.82 Å². The molecule has 1 fully saturated rings. The quantitative estimate of drug-likeness (QED) is 0.255. The highest BCUT2D eigenvalue weighted by molar-refractivity contribution is 6.31. The van der Waals surface area contributed by atoms with Gasteiger partial charge in [-0.3, -0.25) is 4.79 Å². The average molecular weight is 541 g/mol. The zero-order chi connectivity index (χ0) is 27.4. The second-order valence-electron chi connectivity index (χ2n) is 9.34. The van der Waals surface area contributed by atoms with E-state index in [4.69, 9.17) is 16.3 Å². The van der Waals surface area contributed by atoms with Gasteiger partial charge < -0.3 is 30.7 Å². The van der Waals surface area contributed by atoms with Crippen molar-refractivity contribution in [1.29, 1.82) is 0 Å². The van der Waals surface area contributed by atoms with Gasteiger partial charge in [-0.25, -0.2) is 9.37 Å². The lowest BCUT2D eigenvalue weighted by Crippen LogP contribution is -2.21. The van der Waals surface area contributed by atoms with E-state index >= 15 is 0 Å². The van der Waals surface area contributed by atoms with Crippen molar-refractivity contribution in [3.8, 4) is 5.75 Å². The van der Waals surface area contributed by atoms with Crippen molar-refractivity contribution < 1.29 is 19.0 Å². The third-order valence-electron chi connectivity index (χ3n) is 6.09. The molecule has 1 amide bonds. The van der Waals surface area contributed by atoms with Crippen molar-refractivity contribution in [2.75, 3.05) is 41.0 Å². The van der Waals surface area contributed by atoms with Crippen molar-refractivity contribution >= 4 is 52.0 Å². The van der Waals surface area contributed by atoms with Gasteiger partial charge in [0.1, 0.15) is 17.4 Å². The normalized spacial score (nSPS) is 13.3. The highest BCUT2D eigenvalue weighted by atomic mass is 35.5. The smallest absolute Gasteiger partial charge is 0.247 e. The number of hydrogen-bond donors (Lipinski definition) is 4. The number of rotatable bonds is 9. The summed E-state index contributed by atoms with van der Waals surface area (Å²) in [7, 11) is 1.56. The lowest BCUT2D eigenvalue weighted by molar-refractivity contribution is -0.111. The number of hydrogen-bond acceptors (Lipinski definition) is 8. The molecular formula is C27H30ClFN6O3. The predicted molar refractivity (Wildman–Crippen MR) is 149 cm³/mol. The van der Waals surface area contributed by atoms with Crippen LogP contribution in [-0.4, -0.2) is 41.2 Å². The maximum absolute atomic E-state index is 14.1. The van der Waals surface area contributed by atoms with Gasteiger partial charge in [0, 0.05) is 36.6 Å². The second kappa shape index (κ2) is 11.2. The molecule has 0 saturated carbocycles. The first kappa shape index (κ1) is 27.2. The van der Waals surface area contributed by atoms with Crippen LogP contribution in [0.15, 0.2) is 49.2 Å². The Hall–Kier alpha value is -3.89. The standard InChI is InChI=1S/C27H30ClFN6O3/c1-5-25(36)32-20-14-21(23(38-4)15-22(20)35-10-6-7-11-35)33-26-30-9-8-24(34-26)31-19-13-17(28)18(29)12-16(19)27(2,3)37/h5,8-9,12-15,37H,1,6-7,10-11H2,2-4H3,(H,32,36)(H2,30,31,33,34). The number of halogens is 2. The SMILES string of the molecule is C=CC(=O)Nc1cc(Nc2nccc(Nc3cc(Cl)c(F)cc3C(C)(C)O)n2)c(OC)cc1N1CCCC1. The summed E-state index contributed by atoms with van der Waals surface area (Å²) in [5.74, 6) is 0.192. The number of nitrogens with one attached hydrogen (secondary N) is 3. The third-order valence-corrected chi connectivity index (χ3v) is 6.38. The van der Waals surface area contributed by atoms with Crippen LogP contribution in [0.25, 0.3) is 0 Å². The van der Waals surface area contributed by atoms with Gasteiger partial charge in [0.05, 0.1) is 34.8 Å². The summed E-state index contributed by atoms with van der Waals surface area (Å²) in [6, 6.07) is 7.85. The third kappa shape index (κ3) is 6.15. The molecule has 1 saturated heterocycles. The van der Waals surface area contributed by atoms with E-state index in [0.717, 1.165) is 31.6 Å². The molecule has 0 unspecified atom stereocenters. The minimum atomic E-state index is -1.33. The van der Waals surface area contributed by atoms with Gasteiger partial charge in [0.15, 0.2) is 0 Å². The minimum Gasteiger partial charge on any atom is -0.494 e. The van der Waals surface area contributed by atoms with Crippen molar-refractivity contribution in [3.05, 3.63) is 65.6 Å². The van der Waals surface area contributed by atoms with Gasteiger partial charge in [-0.2, -0.15) is 4.98 Å². The Morgan fingerprint density at radius 3 is 2.58 bits per heavy atom. The summed E-state index contributed by atoms with van der Waals surface area (Å²) < 4.78 is 19.8. The molecule has 2 aromatic carbocycles. The Balaban J connectivity index is 1.66. The summed E-state index contributed by atoms with van der Waals surface area (Å²) in [5.41, 5.74) is 1.37. The first-order valence-electron chi connectivity index (χ1n) is 12.1. The van der Waals surface area contributed by atoms with Gasteiger partial charge >= 0.3 is 0 Å². The number of anilines is 6. The van der Waals surface area contributed by atoms with E-state index in [0.29, 0.717) is 34.2 Å². The highest BCUT2D eigenvalue weighted by Crippen LogP contribution is 2.39. The minimum absolute atomic E-state index is 0.0927. The summed E-state index contributed by atoms with van der Waals surface area (Å²) >= 11 is 6.00. The van der Waals surface area contributed by atoms with Crippen molar-refractivity contribution in [2.45, 2.75) is 32.3 Å². The molecule has 0 bridgehead atoms. The summed E-state index contributed by atoms with van der Waals surface area (Å²) in [6.07, 6.45) is 4.89. The number of nitrogens with zero attached hydrogens (tertiary/aromatic N) is 3. The van der Waals surface area contributed by atoms with Crippen LogP contribution in [0.5, 0.6) is 5.75 Å². The van der Waals surface area contributed by atoms with Crippen molar-refractivity contribution in [2.24, 2.45) is 0 Å². The number of methoxy groups -OCH3 is 1. The van der Waals surface area contributed by atoms with Crippen LogP contribution < -0.4 is 25.6 Å². The number of aliphatic hydroxyl groups is 1. The van der Waals surface area contributed by atoms with Crippen LogP contribution in [0.1, 0.15) is 32.3 Å². The van der Waals surface area contributed by atoms with Crippen molar-refractivity contribution in [1.82, 2.24) is 9.97 Å². The number of carbonyl (C=O) groups is 1. The lowest BCUT2D eigenvalue weighted by atomic mass is 9.96. The summed E-state index contributed by atoms with van der Waals surface area (Å²) in [5, 5.41) is 19.5. The number of amides is 1.